The molecule has 3 rings (SSSR count). The van der Waals surface area contributed by atoms with Crippen LogP contribution in [0.5, 0.6) is 0 Å². The van der Waals surface area contributed by atoms with Crippen LogP contribution in [0.1, 0.15) is 11.6 Å². The maximum absolute atomic E-state index is 11.9. The van der Waals surface area contributed by atoms with E-state index in [1.165, 1.54) is 0 Å². The molecule has 2 heterocycles. The molecule has 0 unspecified atom stereocenters. The van der Waals surface area contributed by atoms with Gasteiger partial charge in [0.05, 0.1) is 12.4 Å². The molecule has 1 aromatic heterocycles. The minimum atomic E-state index is 0.00311. The van der Waals surface area contributed by atoms with Crippen molar-refractivity contribution in [1.82, 2.24) is 19.9 Å². The van der Waals surface area contributed by atoms with E-state index < -0.39 is 0 Å². The summed E-state index contributed by atoms with van der Waals surface area (Å²) in [5, 5.41) is 8.83. The minimum absolute atomic E-state index is 0.00311. The number of hydrogen-bond donors (Lipinski definition) is 0. The van der Waals surface area contributed by atoms with Crippen LogP contribution in [-0.4, -0.2) is 38.9 Å². The van der Waals surface area contributed by atoms with Gasteiger partial charge in [-0.25, -0.2) is 0 Å². The van der Waals surface area contributed by atoms with Crippen molar-refractivity contribution in [2.45, 2.75) is 6.04 Å². The molecule has 1 aliphatic rings. The van der Waals surface area contributed by atoms with Crippen LogP contribution in [0.2, 0.25) is 5.02 Å². The van der Waals surface area contributed by atoms with Gasteiger partial charge >= 0.3 is 0 Å². The summed E-state index contributed by atoms with van der Waals surface area (Å²) in [6.07, 6.45) is 6.66. The molecular formula is C14H13ClN4O. The number of amides is 1. The summed E-state index contributed by atoms with van der Waals surface area (Å²) in [5.41, 5.74) is 0.952. The molecular weight excluding hydrogens is 276 g/mol. The van der Waals surface area contributed by atoms with Crippen LogP contribution in [0.25, 0.3) is 6.08 Å². The van der Waals surface area contributed by atoms with E-state index in [1.54, 1.807) is 46.4 Å². The second-order valence-corrected chi connectivity index (χ2v) is 5.07. The molecule has 0 saturated carbocycles. The lowest BCUT2D eigenvalue weighted by atomic mass is 10.1. The van der Waals surface area contributed by atoms with Crippen LogP contribution >= 0.6 is 11.6 Å². The first kappa shape index (κ1) is 12.9. The average Bonchev–Trinajstić information content (AvgIpc) is 2.90. The highest BCUT2D eigenvalue weighted by Crippen LogP contribution is 2.19. The van der Waals surface area contributed by atoms with Gasteiger partial charge < -0.3 is 4.90 Å². The third-order valence-electron chi connectivity index (χ3n) is 3.23. The molecule has 5 nitrogen and oxygen atoms in total. The minimum Gasteiger partial charge on any atom is -0.335 e. The molecule has 1 fully saturated rings. The van der Waals surface area contributed by atoms with E-state index in [2.05, 4.69) is 10.2 Å². The molecule has 0 bridgehead atoms. The lowest BCUT2D eigenvalue weighted by Gasteiger charge is -2.37. The number of hydrogen-bond acceptors (Lipinski definition) is 3. The van der Waals surface area contributed by atoms with Crippen molar-refractivity contribution in [3.05, 3.63) is 53.3 Å². The van der Waals surface area contributed by atoms with E-state index in [9.17, 15) is 4.79 Å². The van der Waals surface area contributed by atoms with Gasteiger partial charge in [0.25, 0.3) is 0 Å². The van der Waals surface area contributed by atoms with Gasteiger partial charge in [0, 0.05) is 24.2 Å². The van der Waals surface area contributed by atoms with E-state index in [0.717, 1.165) is 5.56 Å². The smallest absolute Gasteiger partial charge is 0.246 e. The number of aromatic nitrogens is 3. The van der Waals surface area contributed by atoms with Crippen LogP contribution in [0.15, 0.2) is 42.7 Å². The number of benzene rings is 1. The molecule has 1 aliphatic heterocycles. The zero-order valence-corrected chi connectivity index (χ0v) is 11.4. The predicted octanol–water partition coefficient (Wildman–Crippen LogP) is 2.03. The van der Waals surface area contributed by atoms with Crippen LogP contribution in [0.4, 0.5) is 0 Å². The van der Waals surface area contributed by atoms with Gasteiger partial charge in [-0.05, 0) is 23.8 Å². The van der Waals surface area contributed by atoms with Crippen LogP contribution in [0.3, 0.4) is 0 Å². The van der Waals surface area contributed by atoms with Gasteiger partial charge in [-0.15, -0.1) is 0 Å². The Morgan fingerprint density at radius 2 is 1.85 bits per heavy atom. The van der Waals surface area contributed by atoms with E-state index >= 15 is 0 Å². The van der Waals surface area contributed by atoms with Gasteiger partial charge in [-0.2, -0.15) is 15.0 Å². The van der Waals surface area contributed by atoms with Crippen molar-refractivity contribution in [1.29, 1.82) is 0 Å². The second kappa shape index (κ2) is 5.46. The van der Waals surface area contributed by atoms with E-state index in [-0.39, 0.29) is 11.9 Å². The summed E-state index contributed by atoms with van der Waals surface area (Å²) >= 11 is 5.81. The summed E-state index contributed by atoms with van der Waals surface area (Å²) in [6, 6.07) is 7.54. The highest BCUT2D eigenvalue weighted by molar-refractivity contribution is 6.30. The second-order valence-electron chi connectivity index (χ2n) is 4.63. The summed E-state index contributed by atoms with van der Waals surface area (Å²) in [5.74, 6) is 0.00311. The first-order valence-corrected chi connectivity index (χ1v) is 6.68. The molecule has 0 N–H and O–H groups in total. The lowest BCUT2D eigenvalue weighted by Crippen LogP contribution is -2.50. The normalized spacial score (nSPS) is 15.6. The fraction of sp³-hybridized carbons (Fsp3) is 0.214. The standard InChI is InChI=1S/C14H13ClN4O/c15-12-4-1-11(2-5-12)3-6-14(20)18-9-13(10-18)19-16-7-8-17-19/h1-8,13H,9-10H2. The number of carbonyl (C=O) groups is 1. The Labute approximate surface area is 121 Å². The molecule has 0 atom stereocenters. The van der Waals surface area contributed by atoms with Crippen molar-refractivity contribution in [2.75, 3.05) is 13.1 Å². The lowest BCUT2D eigenvalue weighted by molar-refractivity contribution is -0.131. The van der Waals surface area contributed by atoms with Gasteiger partial charge in [0.2, 0.25) is 5.91 Å². The average molecular weight is 289 g/mol. The zero-order chi connectivity index (χ0) is 13.9. The van der Waals surface area contributed by atoms with E-state index in [1.807, 2.05) is 12.1 Å². The Kier molecular flexibility index (Phi) is 3.52. The Morgan fingerprint density at radius 3 is 2.50 bits per heavy atom. The number of halogens is 1. The Bertz CT molecular complexity index is 615. The number of rotatable bonds is 3. The van der Waals surface area contributed by atoms with Gasteiger partial charge in [-0.1, -0.05) is 23.7 Å². The molecule has 102 valence electrons. The topological polar surface area (TPSA) is 51.0 Å². The third-order valence-corrected chi connectivity index (χ3v) is 3.48. The molecule has 1 amide bonds. The highest BCUT2D eigenvalue weighted by Gasteiger charge is 2.31. The number of likely N-dealkylation sites (tertiary alicyclic amines) is 1. The number of nitrogens with zero attached hydrogens (tertiary/aromatic N) is 4. The van der Waals surface area contributed by atoms with Crippen molar-refractivity contribution in [3.8, 4) is 0 Å². The van der Waals surface area contributed by atoms with Crippen molar-refractivity contribution in [3.63, 3.8) is 0 Å². The molecule has 6 heteroatoms. The van der Waals surface area contributed by atoms with E-state index in [0.29, 0.717) is 18.1 Å². The van der Waals surface area contributed by atoms with Crippen LogP contribution in [0, 0.1) is 0 Å². The Balaban J connectivity index is 1.55. The van der Waals surface area contributed by atoms with E-state index in [4.69, 9.17) is 11.6 Å². The summed E-state index contributed by atoms with van der Waals surface area (Å²) in [4.78, 5) is 15.4. The van der Waals surface area contributed by atoms with Crippen LogP contribution in [-0.2, 0) is 4.79 Å². The molecule has 1 saturated heterocycles. The zero-order valence-electron chi connectivity index (χ0n) is 10.7. The first-order valence-electron chi connectivity index (χ1n) is 6.31. The molecule has 0 aliphatic carbocycles. The fourth-order valence-corrected chi connectivity index (χ4v) is 2.17. The SMILES string of the molecule is O=C(C=Cc1ccc(Cl)cc1)N1CC(n2nccn2)C1. The molecule has 1 aromatic carbocycles. The van der Waals surface area contributed by atoms with Crippen LogP contribution < -0.4 is 0 Å². The Morgan fingerprint density at radius 1 is 1.20 bits per heavy atom. The maximum atomic E-state index is 11.9. The third kappa shape index (κ3) is 2.72. The fourth-order valence-electron chi connectivity index (χ4n) is 2.04. The van der Waals surface area contributed by atoms with Gasteiger partial charge in [0.1, 0.15) is 6.04 Å². The summed E-state index contributed by atoms with van der Waals surface area (Å²) in [6.45, 7) is 1.30. The van der Waals surface area contributed by atoms with Gasteiger partial charge in [0.15, 0.2) is 0 Å². The molecule has 0 radical (unpaired) electrons. The van der Waals surface area contributed by atoms with Crippen molar-refractivity contribution >= 4 is 23.6 Å². The molecule has 2 aromatic rings. The van der Waals surface area contributed by atoms with Crippen molar-refractivity contribution in [2.24, 2.45) is 0 Å². The molecule has 20 heavy (non-hydrogen) atoms. The maximum Gasteiger partial charge on any atom is 0.246 e. The largest absolute Gasteiger partial charge is 0.335 e. The monoisotopic (exact) mass is 288 g/mol. The van der Waals surface area contributed by atoms with Crippen molar-refractivity contribution < 1.29 is 4.79 Å². The number of carbonyl (C=O) groups excluding carboxylic acids is 1. The highest BCUT2D eigenvalue weighted by atomic mass is 35.5. The summed E-state index contributed by atoms with van der Waals surface area (Å²) < 4.78 is 0. The Hall–Kier alpha value is -2.14. The quantitative estimate of drug-likeness (QED) is 0.812. The van der Waals surface area contributed by atoms with Gasteiger partial charge in [-0.3, -0.25) is 4.79 Å². The molecule has 0 spiro atoms. The summed E-state index contributed by atoms with van der Waals surface area (Å²) in [7, 11) is 0. The predicted molar refractivity (Wildman–Crippen MR) is 76.1 cm³/mol. The first-order chi connectivity index (χ1) is 9.72.